The molecule has 2 rings (SSSR count). The Morgan fingerprint density at radius 1 is 1.60 bits per heavy atom. The molecule has 1 fully saturated rings. The lowest BCUT2D eigenvalue weighted by molar-refractivity contribution is 0.349. The van der Waals surface area contributed by atoms with Crippen molar-refractivity contribution in [1.82, 2.24) is 9.97 Å². The van der Waals surface area contributed by atoms with Crippen LogP contribution in [-0.2, 0) is 0 Å². The van der Waals surface area contributed by atoms with E-state index in [1.54, 1.807) is 12.4 Å². The van der Waals surface area contributed by atoms with E-state index < -0.39 is 0 Å². The van der Waals surface area contributed by atoms with Crippen molar-refractivity contribution in [3.05, 3.63) is 22.7 Å². The van der Waals surface area contributed by atoms with E-state index in [1.165, 1.54) is 12.8 Å². The van der Waals surface area contributed by atoms with Crippen molar-refractivity contribution in [3.8, 4) is 0 Å². The second-order valence-electron chi connectivity index (χ2n) is 4.84. The van der Waals surface area contributed by atoms with E-state index in [9.17, 15) is 4.79 Å². The van der Waals surface area contributed by atoms with Gasteiger partial charge in [0.2, 0.25) is 0 Å². The van der Waals surface area contributed by atoms with Gasteiger partial charge in [-0.25, -0.2) is 4.98 Å². The Labute approximate surface area is 89.1 Å². The van der Waals surface area contributed by atoms with Gasteiger partial charge in [0.1, 0.15) is 0 Å². The maximum atomic E-state index is 11.4. The van der Waals surface area contributed by atoms with E-state index >= 15 is 0 Å². The average molecular weight is 207 g/mol. The monoisotopic (exact) mass is 207 g/mol. The van der Waals surface area contributed by atoms with E-state index in [1.807, 2.05) is 0 Å². The molecule has 1 unspecified atom stereocenters. The van der Waals surface area contributed by atoms with Gasteiger partial charge in [0.25, 0.3) is 5.56 Å². The van der Waals surface area contributed by atoms with Gasteiger partial charge in [0.05, 0.1) is 0 Å². The summed E-state index contributed by atoms with van der Waals surface area (Å²) < 4.78 is 0. The third kappa shape index (κ3) is 2.03. The Morgan fingerprint density at radius 3 is 3.00 bits per heavy atom. The second-order valence-corrected chi connectivity index (χ2v) is 4.84. The summed E-state index contributed by atoms with van der Waals surface area (Å²) in [6.07, 6.45) is 6.69. The zero-order valence-corrected chi connectivity index (χ0v) is 9.21. The van der Waals surface area contributed by atoms with Gasteiger partial charge >= 0.3 is 0 Å². The molecule has 15 heavy (non-hydrogen) atoms. The number of aromatic nitrogens is 2. The van der Waals surface area contributed by atoms with Crippen molar-refractivity contribution in [1.29, 1.82) is 0 Å². The average Bonchev–Trinajstić information content (AvgIpc) is 2.50. The molecule has 4 heteroatoms. The molecular weight excluding hydrogens is 190 g/mol. The summed E-state index contributed by atoms with van der Waals surface area (Å²) in [5.41, 5.74) is 0.115. The smallest absolute Gasteiger partial charge is 0.290 e. The topological polar surface area (TPSA) is 57.8 Å². The normalized spacial score (nSPS) is 24.0. The summed E-state index contributed by atoms with van der Waals surface area (Å²) in [5, 5.41) is 3.24. The zero-order valence-electron chi connectivity index (χ0n) is 9.21. The SMILES string of the molecule is CC1(C)CCCC1Nc1ncc[nH]c1=O. The van der Waals surface area contributed by atoms with Crippen molar-refractivity contribution in [3.63, 3.8) is 0 Å². The first-order valence-electron chi connectivity index (χ1n) is 5.40. The summed E-state index contributed by atoms with van der Waals surface area (Å²) in [7, 11) is 0. The Hall–Kier alpha value is -1.32. The lowest BCUT2D eigenvalue weighted by Crippen LogP contribution is -2.33. The molecule has 0 aliphatic heterocycles. The highest BCUT2D eigenvalue weighted by atomic mass is 16.1. The van der Waals surface area contributed by atoms with Crippen LogP contribution in [0.1, 0.15) is 33.1 Å². The van der Waals surface area contributed by atoms with Gasteiger partial charge in [-0.3, -0.25) is 4.79 Å². The molecule has 4 nitrogen and oxygen atoms in total. The highest BCUT2D eigenvalue weighted by molar-refractivity contribution is 5.32. The third-order valence-electron chi connectivity index (χ3n) is 3.28. The molecule has 1 saturated carbocycles. The molecule has 0 saturated heterocycles. The summed E-state index contributed by atoms with van der Waals surface area (Å²) in [6.45, 7) is 4.46. The van der Waals surface area contributed by atoms with Crippen LogP contribution in [-0.4, -0.2) is 16.0 Å². The van der Waals surface area contributed by atoms with Crippen LogP contribution in [0.4, 0.5) is 5.82 Å². The number of rotatable bonds is 2. The molecular formula is C11H17N3O. The molecule has 0 aromatic carbocycles. The van der Waals surface area contributed by atoms with Gasteiger partial charge in [0.15, 0.2) is 5.82 Å². The van der Waals surface area contributed by atoms with Crippen molar-refractivity contribution in [2.45, 2.75) is 39.2 Å². The van der Waals surface area contributed by atoms with Crippen molar-refractivity contribution in [2.24, 2.45) is 5.41 Å². The molecule has 0 amide bonds. The first-order chi connectivity index (χ1) is 7.09. The number of aromatic amines is 1. The molecule has 1 atom stereocenters. The highest BCUT2D eigenvalue weighted by Crippen LogP contribution is 2.38. The van der Waals surface area contributed by atoms with Crippen molar-refractivity contribution < 1.29 is 0 Å². The standard InChI is InChI=1S/C11H17N3O/c1-11(2)5-3-4-8(11)14-9-10(15)13-7-6-12-9/h6-8H,3-5H2,1-2H3,(H,12,14)(H,13,15). The molecule has 1 aromatic rings. The van der Waals surface area contributed by atoms with Gasteiger partial charge in [-0.05, 0) is 18.3 Å². The Morgan fingerprint density at radius 2 is 2.40 bits per heavy atom. The first-order valence-corrected chi connectivity index (χ1v) is 5.40. The lowest BCUT2D eigenvalue weighted by atomic mass is 9.87. The molecule has 1 heterocycles. The highest BCUT2D eigenvalue weighted by Gasteiger charge is 2.34. The second kappa shape index (κ2) is 3.68. The lowest BCUT2D eigenvalue weighted by Gasteiger charge is -2.27. The summed E-state index contributed by atoms with van der Waals surface area (Å²) in [4.78, 5) is 18.1. The van der Waals surface area contributed by atoms with E-state index in [0.29, 0.717) is 11.9 Å². The number of hydrogen-bond donors (Lipinski definition) is 2. The molecule has 1 aromatic heterocycles. The van der Waals surface area contributed by atoms with Crippen LogP contribution < -0.4 is 10.9 Å². The van der Waals surface area contributed by atoms with Gasteiger partial charge in [-0.15, -0.1) is 0 Å². The molecule has 82 valence electrons. The van der Waals surface area contributed by atoms with Crippen LogP contribution in [0.25, 0.3) is 0 Å². The van der Waals surface area contributed by atoms with Crippen LogP contribution >= 0.6 is 0 Å². The van der Waals surface area contributed by atoms with Gasteiger partial charge in [-0.2, -0.15) is 0 Å². The summed E-state index contributed by atoms with van der Waals surface area (Å²) in [5.74, 6) is 0.442. The Balaban J connectivity index is 2.16. The fraction of sp³-hybridized carbons (Fsp3) is 0.636. The van der Waals surface area contributed by atoms with Crippen LogP contribution in [0.15, 0.2) is 17.2 Å². The molecule has 0 radical (unpaired) electrons. The van der Waals surface area contributed by atoms with Crippen LogP contribution in [0, 0.1) is 5.41 Å². The van der Waals surface area contributed by atoms with Gasteiger partial charge in [0, 0.05) is 18.4 Å². The molecule has 1 aliphatic rings. The number of nitrogens with one attached hydrogen (secondary N) is 2. The summed E-state index contributed by atoms with van der Waals surface area (Å²) in [6, 6.07) is 0.355. The van der Waals surface area contributed by atoms with Crippen LogP contribution in [0.5, 0.6) is 0 Å². The molecule has 2 N–H and O–H groups in total. The van der Waals surface area contributed by atoms with Gasteiger partial charge < -0.3 is 10.3 Å². The predicted molar refractivity (Wildman–Crippen MR) is 59.9 cm³/mol. The number of anilines is 1. The van der Waals surface area contributed by atoms with E-state index in [0.717, 1.165) is 6.42 Å². The maximum Gasteiger partial charge on any atom is 0.290 e. The molecule has 1 aliphatic carbocycles. The molecule has 0 spiro atoms. The van der Waals surface area contributed by atoms with E-state index in [-0.39, 0.29) is 11.0 Å². The van der Waals surface area contributed by atoms with Gasteiger partial charge in [-0.1, -0.05) is 20.3 Å². The summed E-state index contributed by atoms with van der Waals surface area (Å²) >= 11 is 0. The number of H-pyrrole nitrogens is 1. The fourth-order valence-corrected chi connectivity index (χ4v) is 2.21. The largest absolute Gasteiger partial charge is 0.362 e. The predicted octanol–water partition coefficient (Wildman–Crippen LogP) is 1.76. The minimum absolute atomic E-state index is 0.139. The van der Waals surface area contributed by atoms with E-state index in [4.69, 9.17) is 0 Å². The fourth-order valence-electron chi connectivity index (χ4n) is 2.21. The Bertz CT molecular complexity index is 397. The first kappa shape index (κ1) is 10.2. The molecule has 0 bridgehead atoms. The Kier molecular flexibility index (Phi) is 2.50. The minimum atomic E-state index is -0.139. The van der Waals surface area contributed by atoms with Crippen LogP contribution in [0.2, 0.25) is 0 Å². The minimum Gasteiger partial charge on any atom is -0.362 e. The van der Waals surface area contributed by atoms with Crippen molar-refractivity contribution in [2.75, 3.05) is 5.32 Å². The van der Waals surface area contributed by atoms with Crippen molar-refractivity contribution >= 4 is 5.82 Å². The maximum absolute atomic E-state index is 11.4. The van der Waals surface area contributed by atoms with Crippen LogP contribution in [0.3, 0.4) is 0 Å². The third-order valence-corrected chi connectivity index (χ3v) is 3.28. The zero-order chi connectivity index (χ0) is 10.9. The quantitative estimate of drug-likeness (QED) is 0.777. The number of nitrogens with zero attached hydrogens (tertiary/aromatic N) is 1. The number of hydrogen-bond acceptors (Lipinski definition) is 3. The van der Waals surface area contributed by atoms with E-state index in [2.05, 4.69) is 29.1 Å².